The zero-order chi connectivity index (χ0) is 19.2. The molecule has 2 unspecified atom stereocenters. The second-order valence-corrected chi connectivity index (χ2v) is 7.80. The van der Waals surface area contributed by atoms with E-state index in [2.05, 4.69) is 10.6 Å². The number of carbonyl (C=O) groups is 2. The molecule has 1 aliphatic heterocycles. The second-order valence-electron chi connectivity index (χ2n) is 7.80. The fraction of sp³-hybridized carbons (Fsp3) is 0.619. The fourth-order valence-electron chi connectivity index (χ4n) is 4.24. The lowest BCUT2D eigenvalue weighted by Crippen LogP contribution is -2.54. The first-order valence-electron chi connectivity index (χ1n) is 10.1. The van der Waals surface area contributed by atoms with Gasteiger partial charge in [0.05, 0.1) is 6.04 Å². The van der Waals surface area contributed by atoms with Crippen molar-refractivity contribution in [3.63, 3.8) is 0 Å². The van der Waals surface area contributed by atoms with E-state index in [1.165, 1.54) is 31.4 Å². The summed E-state index contributed by atoms with van der Waals surface area (Å²) in [5, 5.41) is 6.15. The zero-order valence-electron chi connectivity index (χ0n) is 16.0. The zero-order valence-corrected chi connectivity index (χ0v) is 16.0. The van der Waals surface area contributed by atoms with E-state index in [1.807, 2.05) is 6.07 Å². The van der Waals surface area contributed by atoms with Crippen molar-refractivity contribution in [3.05, 3.63) is 35.6 Å². The number of nitrogens with one attached hydrogen (secondary N) is 2. The first kappa shape index (κ1) is 19.8. The molecule has 1 saturated heterocycles. The minimum absolute atomic E-state index is 0.0415. The van der Waals surface area contributed by atoms with Crippen LogP contribution < -0.4 is 10.6 Å². The van der Waals surface area contributed by atoms with Crippen LogP contribution in [-0.2, 0) is 9.59 Å². The molecule has 0 aromatic heterocycles. The quantitative estimate of drug-likeness (QED) is 0.832. The molecule has 2 N–H and O–H groups in total. The molecule has 148 valence electrons. The lowest BCUT2D eigenvalue weighted by atomic mass is 9.87. The highest BCUT2D eigenvalue weighted by atomic mass is 19.1. The molecule has 2 fully saturated rings. The Kier molecular flexibility index (Phi) is 6.83. The molecule has 6 heteroatoms. The maximum atomic E-state index is 13.6. The van der Waals surface area contributed by atoms with Gasteiger partial charge in [-0.05, 0) is 43.4 Å². The van der Waals surface area contributed by atoms with Crippen LogP contribution in [0.2, 0.25) is 0 Å². The van der Waals surface area contributed by atoms with Crippen molar-refractivity contribution in [2.45, 2.75) is 57.5 Å². The van der Waals surface area contributed by atoms with Gasteiger partial charge < -0.3 is 15.5 Å². The van der Waals surface area contributed by atoms with Crippen LogP contribution in [0, 0.1) is 11.7 Å². The summed E-state index contributed by atoms with van der Waals surface area (Å²) in [5.74, 6) is -0.0115. The maximum Gasteiger partial charge on any atom is 0.245 e. The number of hydrogen-bond acceptors (Lipinski definition) is 3. The Balaban J connectivity index is 1.60. The van der Waals surface area contributed by atoms with Crippen molar-refractivity contribution in [1.82, 2.24) is 15.5 Å². The molecule has 2 atom stereocenters. The van der Waals surface area contributed by atoms with Gasteiger partial charge in [-0.15, -0.1) is 0 Å². The Labute approximate surface area is 160 Å². The number of piperazine rings is 1. The van der Waals surface area contributed by atoms with E-state index in [-0.39, 0.29) is 23.7 Å². The van der Waals surface area contributed by atoms with E-state index in [9.17, 15) is 14.0 Å². The minimum atomic E-state index is -0.574. The maximum absolute atomic E-state index is 13.6. The lowest BCUT2D eigenvalue weighted by molar-refractivity contribution is -0.139. The molecule has 27 heavy (non-hydrogen) atoms. The van der Waals surface area contributed by atoms with Gasteiger partial charge in [-0.3, -0.25) is 9.59 Å². The molecule has 0 spiro atoms. The molecule has 1 aliphatic carbocycles. The van der Waals surface area contributed by atoms with Crippen LogP contribution in [0.1, 0.15) is 57.1 Å². The third-order valence-electron chi connectivity index (χ3n) is 5.71. The number of nitrogens with zero attached hydrogens (tertiary/aromatic N) is 1. The van der Waals surface area contributed by atoms with E-state index >= 15 is 0 Å². The summed E-state index contributed by atoms with van der Waals surface area (Å²) in [4.78, 5) is 27.1. The van der Waals surface area contributed by atoms with Crippen LogP contribution in [0.5, 0.6) is 0 Å². The fourth-order valence-corrected chi connectivity index (χ4v) is 4.24. The van der Waals surface area contributed by atoms with Crippen LogP contribution in [0.4, 0.5) is 4.39 Å². The average molecular weight is 375 g/mol. The Bertz CT molecular complexity index is 661. The van der Waals surface area contributed by atoms with Gasteiger partial charge in [0.25, 0.3) is 0 Å². The Morgan fingerprint density at radius 3 is 2.81 bits per heavy atom. The van der Waals surface area contributed by atoms with Gasteiger partial charge in [0.2, 0.25) is 11.8 Å². The highest BCUT2D eigenvalue weighted by Crippen LogP contribution is 2.26. The Hall–Kier alpha value is -1.95. The SMILES string of the molecule is CC(NC(=O)CC1CCCCC1)C(=O)N1CCNCC1c1cccc(F)c1. The van der Waals surface area contributed by atoms with Gasteiger partial charge in [-0.1, -0.05) is 31.4 Å². The molecule has 0 radical (unpaired) electrons. The lowest BCUT2D eigenvalue weighted by Gasteiger charge is -2.38. The van der Waals surface area contributed by atoms with Crippen molar-refractivity contribution in [1.29, 1.82) is 0 Å². The summed E-state index contributed by atoms with van der Waals surface area (Å²) in [5.41, 5.74) is 0.774. The molecule has 1 heterocycles. The van der Waals surface area contributed by atoms with Crippen LogP contribution in [0.25, 0.3) is 0 Å². The summed E-state index contributed by atoms with van der Waals surface area (Å²) < 4.78 is 13.6. The molecule has 1 aromatic carbocycles. The standard InChI is InChI=1S/C21H30FN3O2/c1-15(24-20(26)12-16-6-3-2-4-7-16)21(27)25-11-10-23-14-19(25)17-8-5-9-18(22)13-17/h5,8-9,13,15-16,19,23H,2-4,6-7,10-12,14H2,1H3,(H,24,26). The van der Waals surface area contributed by atoms with E-state index in [0.717, 1.165) is 18.4 Å². The van der Waals surface area contributed by atoms with E-state index < -0.39 is 6.04 Å². The van der Waals surface area contributed by atoms with E-state index in [4.69, 9.17) is 0 Å². The molecule has 3 rings (SSSR count). The number of halogens is 1. The number of hydrogen-bond donors (Lipinski definition) is 2. The predicted molar refractivity (Wildman–Crippen MR) is 103 cm³/mol. The van der Waals surface area contributed by atoms with Gasteiger partial charge in [-0.2, -0.15) is 0 Å². The Morgan fingerprint density at radius 2 is 2.07 bits per heavy atom. The van der Waals surface area contributed by atoms with Gasteiger partial charge in [0.1, 0.15) is 11.9 Å². The molecular formula is C21H30FN3O2. The monoisotopic (exact) mass is 375 g/mol. The van der Waals surface area contributed by atoms with E-state index in [1.54, 1.807) is 17.9 Å². The molecule has 1 aromatic rings. The van der Waals surface area contributed by atoms with Crippen molar-refractivity contribution >= 4 is 11.8 Å². The van der Waals surface area contributed by atoms with Crippen molar-refractivity contribution in [2.24, 2.45) is 5.92 Å². The van der Waals surface area contributed by atoms with Crippen molar-refractivity contribution < 1.29 is 14.0 Å². The summed E-state index contributed by atoms with van der Waals surface area (Å²) in [6, 6.07) is 5.59. The largest absolute Gasteiger partial charge is 0.345 e. The van der Waals surface area contributed by atoms with Gasteiger partial charge in [-0.25, -0.2) is 4.39 Å². The normalized spacial score (nSPS) is 22.3. The van der Waals surface area contributed by atoms with Crippen LogP contribution in [-0.4, -0.2) is 42.4 Å². The van der Waals surface area contributed by atoms with Crippen LogP contribution >= 0.6 is 0 Å². The van der Waals surface area contributed by atoms with Gasteiger partial charge in [0.15, 0.2) is 0 Å². The first-order chi connectivity index (χ1) is 13.0. The highest BCUT2D eigenvalue weighted by molar-refractivity contribution is 5.87. The van der Waals surface area contributed by atoms with Crippen LogP contribution in [0.15, 0.2) is 24.3 Å². The third-order valence-corrected chi connectivity index (χ3v) is 5.71. The first-order valence-corrected chi connectivity index (χ1v) is 10.1. The predicted octanol–water partition coefficient (Wildman–Crippen LogP) is 2.77. The average Bonchev–Trinajstić information content (AvgIpc) is 2.68. The third kappa shape index (κ3) is 5.28. The Morgan fingerprint density at radius 1 is 1.30 bits per heavy atom. The molecule has 1 saturated carbocycles. The van der Waals surface area contributed by atoms with Crippen LogP contribution in [0.3, 0.4) is 0 Å². The number of carbonyl (C=O) groups excluding carboxylic acids is 2. The molecule has 5 nitrogen and oxygen atoms in total. The van der Waals surface area contributed by atoms with Gasteiger partial charge >= 0.3 is 0 Å². The summed E-state index contributed by atoms with van der Waals surface area (Å²) in [6.07, 6.45) is 6.37. The second kappa shape index (κ2) is 9.31. The highest BCUT2D eigenvalue weighted by Gasteiger charge is 2.31. The van der Waals surface area contributed by atoms with Crippen molar-refractivity contribution in [2.75, 3.05) is 19.6 Å². The van der Waals surface area contributed by atoms with Crippen molar-refractivity contribution in [3.8, 4) is 0 Å². The molecule has 0 bridgehead atoms. The summed E-state index contributed by atoms with van der Waals surface area (Å²) in [7, 11) is 0. The summed E-state index contributed by atoms with van der Waals surface area (Å²) in [6.45, 7) is 3.56. The topological polar surface area (TPSA) is 61.4 Å². The van der Waals surface area contributed by atoms with Gasteiger partial charge in [0, 0.05) is 26.1 Å². The number of amides is 2. The number of rotatable bonds is 5. The number of benzene rings is 1. The van der Waals surface area contributed by atoms with E-state index in [0.29, 0.717) is 32.0 Å². The summed E-state index contributed by atoms with van der Waals surface area (Å²) >= 11 is 0. The smallest absolute Gasteiger partial charge is 0.245 e. The molecular weight excluding hydrogens is 345 g/mol. The molecule has 2 amide bonds. The minimum Gasteiger partial charge on any atom is -0.345 e. The molecule has 2 aliphatic rings.